The standard InChI is InChI=1S/C20H16F3N7O/c21-20(22,23)13-6-8-14(9-7-13)29-30-18-16-17(26-12-25-16)27-19(28-18)24-10-11-31-15-4-2-1-3-5-15/h1-9,12H,10-11H2,(H2,24,25,26,27,28). The molecular weight excluding hydrogens is 411 g/mol. The van der Waals surface area contributed by atoms with Crippen molar-refractivity contribution < 1.29 is 17.9 Å². The Balaban J connectivity index is 1.46. The van der Waals surface area contributed by atoms with E-state index >= 15 is 0 Å². The number of anilines is 1. The quantitative estimate of drug-likeness (QED) is 0.309. The predicted octanol–water partition coefficient (Wildman–Crippen LogP) is 5.28. The summed E-state index contributed by atoms with van der Waals surface area (Å²) in [5, 5.41) is 11.1. The van der Waals surface area contributed by atoms with Gasteiger partial charge in [-0.3, -0.25) is 0 Å². The molecule has 11 heteroatoms. The number of aromatic nitrogens is 4. The summed E-state index contributed by atoms with van der Waals surface area (Å²) in [6.45, 7) is 0.814. The van der Waals surface area contributed by atoms with E-state index in [4.69, 9.17) is 4.74 Å². The van der Waals surface area contributed by atoms with Crippen LogP contribution in [-0.4, -0.2) is 33.1 Å². The minimum Gasteiger partial charge on any atom is -0.492 e. The van der Waals surface area contributed by atoms with Crippen molar-refractivity contribution in [2.75, 3.05) is 18.5 Å². The molecule has 31 heavy (non-hydrogen) atoms. The minimum absolute atomic E-state index is 0.203. The van der Waals surface area contributed by atoms with Crippen molar-refractivity contribution in [2.45, 2.75) is 6.18 Å². The molecule has 4 aromatic rings. The monoisotopic (exact) mass is 427 g/mol. The number of nitrogens with one attached hydrogen (secondary N) is 2. The molecule has 2 N–H and O–H groups in total. The number of imidazole rings is 1. The van der Waals surface area contributed by atoms with Crippen molar-refractivity contribution >= 4 is 28.6 Å². The van der Waals surface area contributed by atoms with E-state index in [1.807, 2.05) is 30.3 Å². The predicted molar refractivity (Wildman–Crippen MR) is 108 cm³/mol. The van der Waals surface area contributed by atoms with Crippen LogP contribution in [0.2, 0.25) is 0 Å². The molecule has 0 aliphatic carbocycles. The largest absolute Gasteiger partial charge is 0.492 e. The highest BCUT2D eigenvalue weighted by atomic mass is 19.4. The van der Waals surface area contributed by atoms with E-state index in [1.165, 1.54) is 18.5 Å². The Labute approximate surface area is 174 Å². The van der Waals surface area contributed by atoms with Crippen LogP contribution in [0.4, 0.5) is 30.6 Å². The number of alkyl halides is 3. The Morgan fingerprint density at radius 2 is 1.74 bits per heavy atom. The number of nitrogens with zero attached hydrogens (tertiary/aromatic N) is 5. The summed E-state index contributed by atoms with van der Waals surface area (Å²) >= 11 is 0. The third-order valence-corrected chi connectivity index (χ3v) is 4.12. The molecule has 2 aromatic heterocycles. The lowest BCUT2D eigenvalue weighted by Crippen LogP contribution is -2.13. The second kappa shape index (κ2) is 8.78. The zero-order chi connectivity index (χ0) is 21.7. The van der Waals surface area contributed by atoms with Gasteiger partial charge in [-0.2, -0.15) is 23.1 Å². The number of para-hydroxylation sites is 1. The second-order valence-electron chi connectivity index (χ2n) is 6.30. The molecule has 8 nitrogen and oxygen atoms in total. The molecule has 2 aromatic carbocycles. The first kappa shape index (κ1) is 20.3. The molecule has 0 aliphatic heterocycles. The van der Waals surface area contributed by atoms with E-state index < -0.39 is 11.7 Å². The fraction of sp³-hybridized carbons (Fsp3) is 0.150. The minimum atomic E-state index is -4.41. The van der Waals surface area contributed by atoms with E-state index in [9.17, 15) is 13.2 Å². The van der Waals surface area contributed by atoms with Gasteiger partial charge in [-0.15, -0.1) is 10.2 Å². The number of H-pyrrole nitrogens is 1. The van der Waals surface area contributed by atoms with Crippen molar-refractivity contribution in [3.05, 3.63) is 66.5 Å². The summed E-state index contributed by atoms with van der Waals surface area (Å²) in [5.74, 6) is 1.23. The van der Waals surface area contributed by atoms with Gasteiger partial charge in [0, 0.05) is 0 Å². The summed E-state index contributed by atoms with van der Waals surface area (Å²) in [6.07, 6.45) is -2.96. The third-order valence-electron chi connectivity index (χ3n) is 4.12. The Morgan fingerprint density at radius 3 is 2.48 bits per heavy atom. The number of fused-ring (bicyclic) bond motifs is 1. The normalized spacial score (nSPS) is 11.8. The molecule has 0 atom stereocenters. The number of benzene rings is 2. The van der Waals surface area contributed by atoms with E-state index in [0.29, 0.717) is 24.3 Å². The van der Waals surface area contributed by atoms with Crippen LogP contribution in [0.25, 0.3) is 11.2 Å². The fourth-order valence-electron chi connectivity index (χ4n) is 2.64. The number of halogens is 3. The lowest BCUT2D eigenvalue weighted by molar-refractivity contribution is -0.137. The first-order valence-corrected chi connectivity index (χ1v) is 9.21. The summed E-state index contributed by atoms with van der Waals surface area (Å²) in [4.78, 5) is 15.6. The van der Waals surface area contributed by atoms with E-state index in [0.717, 1.165) is 17.9 Å². The SMILES string of the molecule is FC(F)(F)c1ccc(N=Nc2nc(NCCOc3ccccc3)nc3nc[nH]c23)cc1. The number of hydrogen-bond acceptors (Lipinski definition) is 7. The maximum absolute atomic E-state index is 12.7. The van der Waals surface area contributed by atoms with Crippen molar-refractivity contribution in [1.29, 1.82) is 0 Å². The van der Waals surface area contributed by atoms with Crippen LogP contribution in [0.3, 0.4) is 0 Å². The van der Waals surface area contributed by atoms with Gasteiger partial charge in [0.2, 0.25) is 11.8 Å². The lowest BCUT2D eigenvalue weighted by atomic mass is 10.2. The van der Waals surface area contributed by atoms with Crippen molar-refractivity contribution in [3.8, 4) is 5.75 Å². The van der Waals surface area contributed by atoms with E-state index in [2.05, 4.69) is 35.5 Å². The smallest absolute Gasteiger partial charge is 0.416 e. The van der Waals surface area contributed by atoms with Crippen LogP contribution < -0.4 is 10.1 Å². The average Bonchev–Trinajstić information content (AvgIpc) is 3.24. The molecule has 0 fully saturated rings. The topological polar surface area (TPSA) is 100 Å². The number of ether oxygens (including phenoxy) is 1. The number of rotatable bonds is 7. The van der Waals surface area contributed by atoms with Gasteiger partial charge in [-0.1, -0.05) is 18.2 Å². The highest BCUT2D eigenvalue weighted by Crippen LogP contribution is 2.31. The molecule has 4 rings (SSSR count). The van der Waals surface area contributed by atoms with E-state index in [-0.39, 0.29) is 17.5 Å². The Hall–Kier alpha value is -4.02. The van der Waals surface area contributed by atoms with Crippen LogP contribution in [-0.2, 0) is 6.18 Å². The van der Waals surface area contributed by atoms with Gasteiger partial charge < -0.3 is 15.0 Å². The van der Waals surface area contributed by atoms with Crippen molar-refractivity contribution in [3.63, 3.8) is 0 Å². The maximum Gasteiger partial charge on any atom is 0.416 e. The molecular formula is C20H16F3N7O. The first-order chi connectivity index (χ1) is 15.0. The summed E-state index contributed by atoms with van der Waals surface area (Å²) in [5.41, 5.74) is 0.336. The highest BCUT2D eigenvalue weighted by Gasteiger charge is 2.29. The van der Waals surface area contributed by atoms with Crippen LogP contribution in [0.1, 0.15) is 5.56 Å². The van der Waals surface area contributed by atoms with Gasteiger partial charge in [-0.25, -0.2) is 4.98 Å². The second-order valence-corrected chi connectivity index (χ2v) is 6.30. The van der Waals surface area contributed by atoms with Gasteiger partial charge in [-0.05, 0) is 36.4 Å². The zero-order valence-corrected chi connectivity index (χ0v) is 16.0. The molecule has 0 unspecified atom stereocenters. The molecule has 2 heterocycles. The Morgan fingerprint density at radius 1 is 0.968 bits per heavy atom. The van der Waals surface area contributed by atoms with Gasteiger partial charge in [0.05, 0.1) is 24.1 Å². The molecule has 0 aliphatic rings. The van der Waals surface area contributed by atoms with Crippen LogP contribution >= 0.6 is 0 Å². The van der Waals surface area contributed by atoms with Crippen LogP contribution in [0.15, 0.2) is 71.2 Å². The molecule has 0 amide bonds. The van der Waals surface area contributed by atoms with Crippen molar-refractivity contribution in [1.82, 2.24) is 19.9 Å². The van der Waals surface area contributed by atoms with Crippen molar-refractivity contribution in [2.24, 2.45) is 10.2 Å². The van der Waals surface area contributed by atoms with Crippen LogP contribution in [0, 0.1) is 0 Å². The van der Waals surface area contributed by atoms with Gasteiger partial charge in [0.1, 0.15) is 17.9 Å². The third kappa shape index (κ3) is 5.13. The molecule has 0 bridgehead atoms. The highest BCUT2D eigenvalue weighted by molar-refractivity contribution is 5.81. The Bertz CT molecular complexity index is 1180. The molecule has 158 valence electrons. The molecule has 0 saturated heterocycles. The first-order valence-electron chi connectivity index (χ1n) is 9.21. The van der Waals surface area contributed by atoms with E-state index in [1.54, 1.807) is 0 Å². The molecule has 0 spiro atoms. The Kier molecular flexibility index (Phi) is 5.74. The fourth-order valence-corrected chi connectivity index (χ4v) is 2.64. The van der Waals surface area contributed by atoms with Crippen LogP contribution in [0.5, 0.6) is 5.75 Å². The summed E-state index contributed by atoms with van der Waals surface area (Å²) in [7, 11) is 0. The zero-order valence-electron chi connectivity index (χ0n) is 16.0. The van der Waals surface area contributed by atoms with Gasteiger partial charge in [0.25, 0.3) is 0 Å². The van der Waals surface area contributed by atoms with Gasteiger partial charge >= 0.3 is 6.18 Å². The lowest BCUT2D eigenvalue weighted by Gasteiger charge is -2.08. The maximum atomic E-state index is 12.7. The number of azo groups is 1. The average molecular weight is 427 g/mol. The molecule has 0 saturated carbocycles. The number of hydrogen-bond donors (Lipinski definition) is 2. The molecule has 0 radical (unpaired) electrons. The summed E-state index contributed by atoms with van der Waals surface area (Å²) in [6, 6.07) is 13.7. The number of aromatic amines is 1. The van der Waals surface area contributed by atoms with Gasteiger partial charge in [0.15, 0.2) is 5.65 Å². The summed E-state index contributed by atoms with van der Waals surface area (Å²) < 4.78 is 43.6.